The number of thiazole rings is 1. The van der Waals surface area contributed by atoms with E-state index in [9.17, 15) is 0 Å². The molecule has 0 spiro atoms. The van der Waals surface area contributed by atoms with Crippen LogP contribution >= 0.6 is 22.9 Å². The molecule has 0 saturated heterocycles. The van der Waals surface area contributed by atoms with Gasteiger partial charge in [0.1, 0.15) is 5.01 Å². The molecule has 3 heteroatoms. The molecule has 0 aliphatic heterocycles. The lowest BCUT2D eigenvalue weighted by Crippen LogP contribution is -1.98. The van der Waals surface area contributed by atoms with Gasteiger partial charge in [0.2, 0.25) is 0 Å². The number of benzene rings is 1. The molecule has 0 amide bonds. The lowest BCUT2D eigenvalue weighted by molar-refractivity contribution is 0.682. The summed E-state index contributed by atoms with van der Waals surface area (Å²) in [5.74, 6) is 0. The van der Waals surface area contributed by atoms with E-state index in [0.29, 0.717) is 0 Å². The highest BCUT2D eigenvalue weighted by molar-refractivity contribution is 7.15. The van der Waals surface area contributed by atoms with E-state index < -0.39 is 0 Å². The first-order valence-corrected chi connectivity index (χ1v) is 6.77. The molecule has 1 heterocycles. The van der Waals surface area contributed by atoms with Crippen LogP contribution in [0.5, 0.6) is 0 Å². The van der Waals surface area contributed by atoms with E-state index in [-0.39, 0.29) is 0 Å². The van der Waals surface area contributed by atoms with Gasteiger partial charge in [-0.25, -0.2) is 4.98 Å². The van der Waals surface area contributed by atoms with E-state index in [4.69, 9.17) is 16.6 Å². The van der Waals surface area contributed by atoms with Crippen LogP contribution in [0.1, 0.15) is 23.4 Å². The van der Waals surface area contributed by atoms with Gasteiger partial charge in [-0.15, -0.1) is 11.3 Å². The molecule has 0 atom stereocenters. The third kappa shape index (κ3) is 1.87. The van der Waals surface area contributed by atoms with Crippen LogP contribution in [-0.4, -0.2) is 4.98 Å². The Labute approximate surface area is 104 Å². The van der Waals surface area contributed by atoms with Gasteiger partial charge in [0, 0.05) is 15.5 Å². The van der Waals surface area contributed by atoms with Crippen molar-refractivity contribution in [2.45, 2.75) is 25.7 Å². The quantitative estimate of drug-likeness (QED) is 0.733. The van der Waals surface area contributed by atoms with Crippen molar-refractivity contribution in [2.75, 3.05) is 0 Å². The van der Waals surface area contributed by atoms with E-state index in [0.717, 1.165) is 16.5 Å². The average Bonchev–Trinajstić information content (AvgIpc) is 2.73. The van der Waals surface area contributed by atoms with E-state index in [1.54, 1.807) is 0 Å². The topological polar surface area (TPSA) is 12.9 Å². The van der Waals surface area contributed by atoms with Crippen LogP contribution in [0.15, 0.2) is 24.3 Å². The van der Waals surface area contributed by atoms with Gasteiger partial charge in [-0.1, -0.05) is 23.7 Å². The third-order valence-electron chi connectivity index (χ3n) is 2.94. The molecule has 0 radical (unpaired) electrons. The summed E-state index contributed by atoms with van der Waals surface area (Å²) in [5.41, 5.74) is 2.50. The Morgan fingerprint density at radius 2 is 1.81 bits per heavy atom. The molecule has 1 nitrogen and oxygen atoms in total. The maximum absolute atomic E-state index is 5.88. The zero-order valence-electron chi connectivity index (χ0n) is 8.87. The molecule has 3 rings (SSSR count). The van der Waals surface area contributed by atoms with E-state index in [1.165, 1.54) is 35.4 Å². The summed E-state index contributed by atoms with van der Waals surface area (Å²) in [6.45, 7) is 0. The molecule has 1 aliphatic rings. The lowest BCUT2D eigenvalue weighted by Gasteiger charge is -2.06. The van der Waals surface area contributed by atoms with Crippen LogP contribution in [0.2, 0.25) is 5.02 Å². The minimum atomic E-state index is 0.782. The smallest absolute Gasteiger partial charge is 0.123 e. The minimum Gasteiger partial charge on any atom is -0.241 e. The van der Waals surface area contributed by atoms with Crippen molar-refractivity contribution in [2.24, 2.45) is 0 Å². The van der Waals surface area contributed by atoms with Crippen LogP contribution in [-0.2, 0) is 12.8 Å². The average molecular weight is 250 g/mol. The summed E-state index contributed by atoms with van der Waals surface area (Å²) >= 11 is 7.72. The summed E-state index contributed by atoms with van der Waals surface area (Å²) in [7, 11) is 0. The van der Waals surface area contributed by atoms with Gasteiger partial charge in [-0.2, -0.15) is 0 Å². The number of nitrogens with zero attached hydrogens (tertiary/aromatic N) is 1. The van der Waals surface area contributed by atoms with E-state index in [1.807, 2.05) is 35.6 Å². The molecular formula is C13H12ClNS. The maximum Gasteiger partial charge on any atom is 0.123 e. The highest BCUT2D eigenvalue weighted by Gasteiger charge is 2.15. The Morgan fingerprint density at radius 3 is 2.56 bits per heavy atom. The van der Waals surface area contributed by atoms with Crippen molar-refractivity contribution < 1.29 is 0 Å². The molecule has 2 aromatic rings. The number of fused-ring (bicyclic) bond motifs is 1. The molecule has 1 aliphatic carbocycles. The van der Waals surface area contributed by atoms with Crippen molar-refractivity contribution in [3.8, 4) is 10.6 Å². The number of hydrogen-bond acceptors (Lipinski definition) is 2. The van der Waals surface area contributed by atoms with Crippen LogP contribution in [0, 0.1) is 0 Å². The van der Waals surface area contributed by atoms with Gasteiger partial charge in [-0.3, -0.25) is 0 Å². The molecule has 1 aromatic heterocycles. The second kappa shape index (κ2) is 4.19. The van der Waals surface area contributed by atoms with Gasteiger partial charge >= 0.3 is 0 Å². The molecule has 82 valence electrons. The molecule has 0 saturated carbocycles. The molecular weight excluding hydrogens is 238 g/mol. The van der Waals surface area contributed by atoms with Crippen LogP contribution in [0.3, 0.4) is 0 Å². The minimum absolute atomic E-state index is 0.782. The highest BCUT2D eigenvalue weighted by atomic mass is 35.5. The normalized spacial score (nSPS) is 14.8. The third-order valence-corrected chi connectivity index (χ3v) is 4.40. The van der Waals surface area contributed by atoms with Crippen molar-refractivity contribution in [1.82, 2.24) is 4.98 Å². The molecule has 0 fully saturated rings. The second-order valence-electron chi connectivity index (χ2n) is 4.10. The fourth-order valence-corrected chi connectivity index (χ4v) is 3.35. The largest absolute Gasteiger partial charge is 0.241 e. The molecule has 16 heavy (non-hydrogen) atoms. The SMILES string of the molecule is Clc1ccc(-c2nc3c(s2)CCCC3)cc1. The number of halogens is 1. The van der Waals surface area contributed by atoms with Crippen LogP contribution in [0.25, 0.3) is 10.6 Å². The summed E-state index contributed by atoms with van der Waals surface area (Å²) in [5, 5.41) is 1.92. The first-order chi connectivity index (χ1) is 7.83. The van der Waals surface area contributed by atoms with Gasteiger partial charge < -0.3 is 0 Å². The first kappa shape index (κ1) is 10.3. The summed E-state index contributed by atoms with van der Waals surface area (Å²) in [4.78, 5) is 6.21. The molecule has 0 N–H and O–H groups in total. The van der Waals surface area contributed by atoms with E-state index >= 15 is 0 Å². The van der Waals surface area contributed by atoms with Crippen LogP contribution in [0.4, 0.5) is 0 Å². The van der Waals surface area contributed by atoms with Crippen molar-refractivity contribution >= 4 is 22.9 Å². The van der Waals surface area contributed by atoms with Gasteiger partial charge in [0.05, 0.1) is 5.69 Å². The number of hydrogen-bond donors (Lipinski definition) is 0. The van der Waals surface area contributed by atoms with Gasteiger partial charge in [0.15, 0.2) is 0 Å². The summed E-state index contributed by atoms with van der Waals surface area (Å²) < 4.78 is 0. The lowest BCUT2D eigenvalue weighted by atomic mass is 10.0. The Kier molecular flexibility index (Phi) is 2.70. The fourth-order valence-electron chi connectivity index (χ4n) is 2.07. The maximum atomic E-state index is 5.88. The molecule has 0 unspecified atom stereocenters. The number of aromatic nitrogens is 1. The predicted molar refractivity (Wildman–Crippen MR) is 69.2 cm³/mol. The van der Waals surface area contributed by atoms with Crippen molar-refractivity contribution in [3.05, 3.63) is 39.9 Å². The summed E-state index contributed by atoms with van der Waals surface area (Å²) in [6.07, 6.45) is 4.96. The predicted octanol–water partition coefficient (Wildman–Crippen LogP) is 4.34. The van der Waals surface area contributed by atoms with Gasteiger partial charge in [0.25, 0.3) is 0 Å². The van der Waals surface area contributed by atoms with Gasteiger partial charge in [-0.05, 0) is 37.8 Å². The fraction of sp³-hybridized carbons (Fsp3) is 0.308. The Balaban J connectivity index is 2.00. The zero-order valence-corrected chi connectivity index (χ0v) is 10.4. The monoisotopic (exact) mass is 249 g/mol. The van der Waals surface area contributed by atoms with Crippen molar-refractivity contribution in [1.29, 1.82) is 0 Å². The standard InChI is InChI=1S/C13H12ClNS/c14-10-7-5-9(6-8-10)13-15-11-3-1-2-4-12(11)16-13/h5-8H,1-4H2. The summed E-state index contributed by atoms with van der Waals surface area (Å²) in [6, 6.07) is 7.95. The molecule has 0 bridgehead atoms. The highest BCUT2D eigenvalue weighted by Crippen LogP contribution is 2.32. The Morgan fingerprint density at radius 1 is 1.06 bits per heavy atom. The number of rotatable bonds is 1. The Bertz CT molecular complexity index is 478. The van der Waals surface area contributed by atoms with Crippen molar-refractivity contribution in [3.63, 3.8) is 0 Å². The molecule has 1 aromatic carbocycles. The van der Waals surface area contributed by atoms with Crippen LogP contribution < -0.4 is 0 Å². The number of aryl methyl sites for hydroxylation is 2. The zero-order chi connectivity index (χ0) is 11.0. The van der Waals surface area contributed by atoms with E-state index in [2.05, 4.69) is 0 Å². The Hall–Kier alpha value is -0.860. The second-order valence-corrected chi connectivity index (χ2v) is 5.62. The first-order valence-electron chi connectivity index (χ1n) is 5.57.